The van der Waals surface area contributed by atoms with Crippen LogP contribution in [0, 0.1) is 6.92 Å². The first kappa shape index (κ1) is 19.7. The van der Waals surface area contributed by atoms with E-state index in [0.717, 1.165) is 17.8 Å². The Morgan fingerprint density at radius 1 is 1.13 bits per heavy atom. The van der Waals surface area contributed by atoms with Gasteiger partial charge < -0.3 is 15.4 Å². The van der Waals surface area contributed by atoms with Gasteiger partial charge in [0.05, 0.1) is 42.4 Å². The van der Waals surface area contributed by atoms with Crippen molar-refractivity contribution in [1.82, 2.24) is 24.5 Å². The Morgan fingerprint density at radius 2 is 1.83 bits per heavy atom. The molecule has 1 aliphatic heterocycles. The molecule has 30 heavy (non-hydrogen) atoms. The molecule has 3 aromatic rings. The zero-order valence-electron chi connectivity index (χ0n) is 17.2. The molecule has 3 heterocycles. The summed E-state index contributed by atoms with van der Waals surface area (Å²) in [6.07, 6.45) is 4.37. The van der Waals surface area contributed by atoms with Gasteiger partial charge in [0.1, 0.15) is 11.6 Å². The standard InChI is InChI=1S/C21H24N6O3/c1-13-16(11-23-25(13)2)21(29)26-10-4-5-18(26)19(28)17-12-24-27(20(17)22)14-6-8-15(30-3)9-7-14/h6-9,11-12,18H,4-5,10,22H2,1-3H3. The zero-order chi connectivity index (χ0) is 21.4. The largest absolute Gasteiger partial charge is 0.497 e. The van der Waals surface area contributed by atoms with Crippen LogP contribution in [-0.4, -0.2) is 55.8 Å². The first-order valence-electron chi connectivity index (χ1n) is 9.74. The molecule has 1 aromatic carbocycles. The highest BCUT2D eigenvalue weighted by atomic mass is 16.5. The molecular weight excluding hydrogens is 384 g/mol. The second-order valence-electron chi connectivity index (χ2n) is 7.34. The molecular formula is C21H24N6O3. The molecule has 1 aliphatic rings. The molecule has 156 valence electrons. The van der Waals surface area contributed by atoms with Crippen molar-refractivity contribution in [3.05, 3.63) is 53.5 Å². The summed E-state index contributed by atoms with van der Waals surface area (Å²) in [4.78, 5) is 28.0. The Bertz CT molecular complexity index is 1100. The van der Waals surface area contributed by atoms with Gasteiger partial charge in [0.2, 0.25) is 0 Å². The lowest BCUT2D eigenvalue weighted by atomic mass is 10.0. The molecule has 4 rings (SSSR count). The molecule has 1 saturated heterocycles. The van der Waals surface area contributed by atoms with E-state index in [1.807, 2.05) is 19.1 Å². The number of methoxy groups -OCH3 is 1. The zero-order valence-corrected chi connectivity index (χ0v) is 17.2. The van der Waals surface area contributed by atoms with Gasteiger partial charge in [-0.2, -0.15) is 10.2 Å². The third-order valence-corrected chi connectivity index (χ3v) is 5.67. The molecule has 0 aliphatic carbocycles. The summed E-state index contributed by atoms with van der Waals surface area (Å²) in [5, 5.41) is 8.43. The van der Waals surface area contributed by atoms with Gasteiger partial charge in [0, 0.05) is 19.3 Å². The monoisotopic (exact) mass is 408 g/mol. The lowest BCUT2D eigenvalue weighted by Gasteiger charge is -2.23. The molecule has 2 aromatic heterocycles. The fourth-order valence-electron chi connectivity index (χ4n) is 3.80. The Morgan fingerprint density at radius 3 is 2.47 bits per heavy atom. The van der Waals surface area contributed by atoms with Crippen LogP contribution in [-0.2, 0) is 7.05 Å². The van der Waals surface area contributed by atoms with Crippen LogP contribution in [0.15, 0.2) is 36.7 Å². The normalized spacial score (nSPS) is 16.1. The minimum Gasteiger partial charge on any atom is -0.497 e. The van der Waals surface area contributed by atoms with E-state index in [9.17, 15) is 9.59 Å². The molecule has 9 heteroatoms. The summed E-state index contributed by atoms with van der Waals surface area (Å²) in [6, 6.07) is 6.66. The highest BCUT2D eigenvalue weighted by Crippen LogP contribution is 2.27. The van der Waals surface area contributed by atoms with Crippen molar-refractivity contribution in [2.45, 2.75) is 25.8 Å². The molecule has 2 N–H and O–H groups in total. The topological polar surface area (TPSA) is 108 Å². The van der Waals surface area contributed by atoms with E-state index in [1.54, 1.807) is 42.1 Å². The van der Waals surface area contributed by atoms with Gasteiger partial charge in [-0.25, -0.2) is 4.68 Å². The first-order chi connectivity index (χ1) is 14.4. The van der Waals surface area contributed by atoms with E-state index in [2.05, 4.69) is 10.2 Å². The van der Waals surface area contributed by atoms with Crippen molar-refractivity contribution in [1.29, 1.82) is 0 Å². The molecule has 1 amide bonds. The number of nitrogen functional groups attached to an aromatic ring is 1. The summed E-state index contributed by atoms with van der Waals surface area (Å²) in [5.74, 6) is 0.589. The van der Waals surface area contributed by atoms with Gasteiger partial charge in [-0.05, 0) is 44.0 Å². The number of hydrogen-bond acceptors (Lipinski definition) is 6. The summed E-state index contributed by atoms with van der Waals surface area (Å²) in [5.41, 5.74) is 8.59. The minimum atomic E-state index is -0.562. The summed E-state index contributed by atoms with van der Waals surface area (Å²) in [7, 11) is 3.38. The predicted octanol–water partition coefficient (Wildman–Crippen LogP) is 1.99. The fourth-order valence-corrected chi connectivity index (χ4v) is 3.80. The highest BCUT2D eigenvalue weighted by Gasteiger charge is 2.37. The van der Waals surface area contributed by atoms with Crippen molar-refractivity contribution in [2.24, 2.45) is 7.05 Å². The van der Waals surface area contributed by atoms with Crippen LogP contribution in [0.5, 0.6) is 5.75 Å². The number of anilines is 1. The average molecular weight is 408 g/mol. The molecule has 1 unspecified atom stereocenters. The maximum absolute atomic E-state index is 13.3. The van der Waals surface area contributed by atoms with Crippen molar-refractivity contribution < 1.29 is 14.3 Å². The smallest absolute Gasteiger partial charge is 0.257 e. The number of nitrogens with zero attached hydrogens (tertiary/aromatic N) is 5. The Balaban J connectivity index is 1.60. The number of benzene rings is 1. The second-order valence-corrected chi connectivity index (χ2v) is 7.34. The molecule has 1 atom stereocenters. The number of hydrogen-bond donors (Lipinski definition) is 1. The number of nitrogens with two attached hydrogens (primary N) is 1. The summed E-state index contributed by atoms with van der Waals surface area (Å²) in [6.45, 7) is 2.36. The van der Waals surface area contributed by atoms with Crippen molar-refractivity contribution >= 4 is 17.5 Å². The van der Waals surface area contributed by atoms with Gasteiger partial charge >= 0.3 is 0 Å². The lowest BCUT2D eigenvalue weighted by molar-refractivity contribution is 0.0671. The maximum atomic E-state index is 13.3. The number of likely N-dealkylation sites (tertiary alicyclic amines) is 1. The SMILES string of the molecule is COc1ccc(-n2ncc(C(=O)C3CCCN3C(=O)c3cnn(C)c3C)c2N)cc1. The minimum absolute atomic E-state index is 0.183. The van der Waals surface area contributed by atoms with Crippen LogP contribution in [0.4, 0.5) is 5.82 Å². The fraction of sp³-hybridized carbons (Fsp3) is 0.333. The highest BCUT2D eigenvalue weighted by molar-refractivity contribution is 6.07. The first-order valence-corrected chi connectivity index (χ1v) is 9.74. The van der Waals surface area contributed by atoms with Gasteiger partial charge in [0.15, 0.2) is 5.78 Å². The number of carbonyl (C=O) groups is 2. The van der Waals surface area contributed by atoms with Gasteiger partial charge in [-0.3, -0.25) is 14.3 Å². The van der Waals surface area contributed by atoms with E-state index in [4.69, 9.17) is 10.5 Å². The van der Waals surface area contributed by atoms with Crippen molar-refractivity contribution in [2.75, 3.05) is 19.4 Å². The Kier molecular flexibility index (Phi) is 5.03. The molecule has 9 nitrogen and oxygen atoms in total. The Hall–Kier alpha value is -3.62. The number of ketones is 1. The maximum Gasteiger partial charge on any atom is 0.257 e. The second kappa shape index (κ2) is 7.66. The Labute approximate surface area is 174 Å². The summed E-state index contributed by atoms with van der Waals surface area (Å²) < 4.78 is 8.33. The third kappa shape index (κ3) is 3.22. The molecule has 0 bridgehead atoms. The molecule has 1 fully saturated rings. The van der Waals surface area contributed by atoms with Crippen LogP contribution in [0.2, 0.25) is 0 Å². The number of Topliss-reactive ketones (excluding diaryl/α,β-unsaturated/α-hetero) is 1. The van der Waals surface area contributed by atoms with E-state index in [0.29, 0.717) is 29.8 Å². The van der Waals surface area contributed by atoms with Crippen LogP contribution >= 0.6 is 0 Å². The number of amides is 1. The van der Waals surface area contributed by atoms with Crippen molar-refractivity contribution in [3.63, 3.8) is 0 Å². The van der Waals surface area contributed by atoms with E-state index >= 15 is 0 Å². The summed E-state index contributed by atoms with van der Waals surface area (Å²) >= 11 is 0. The van der Waals surface area contributed by atoms with Crippen molar-refractivity contribution in [3.8, 4) is 11.4 Å². The van der Waals surface area contributed by atoms with E-state index < -0.39 is 6.04 Å². The van der Waals surface area contributed by atoms with E-state index in [1.165, 1.54) is 10.9 Å². The van der Waals surface area contributed by atoms with Crippen LogP contribution < -0.4 is 10.5 Å². The quantitative estimate of drug-likeness (QED) is 0.647. The van der Waals surface area contributed by atoms with Crippen LogP contribution in [0.3, 0.4) is 0 Å². The number of aryl methyl sites for hydroxylation is 1. The number of rotatable bonds is 5. The number of carbonyl (C=O) groups excluding carboxylic acids is 2. The van der Waals surface area contributed by atoms with Crippen LogP contribution in [0.1, 0.15) is 39.3 Å². The molecule has 0 saturated carbocycles. The van der Waals surface area contributed by atoms with Crippen LogP contribution in [0.25, 0.3) is 5.69 Å². The number of ether oxygens (including phenoxy) is 1. The van der Waals surface area contributed by atoms with Gasteiger partial charge in [-0.1, -0.05) is 0 Å². The third-order valence-electron chi connectivity index (χ3n) is 5.67. The van der Waals surface area contributed by atoms with E-state index in [-0.39, 0.29) is 17.5 Å². The average Bonchev–Trinajstić information content (AvgIpc) is 3.47. The molecule has 0 radical (unpaired) electrons. The van der Waals surface area contributed by atoms with Gasteiger partial charge in [0.25, 0.3) is 5.91 Å². The molecule has 0 spiro atoms. The predicted molar refractivity (Wildman–Crippen MR) is 111 cm³/mol. The number of aromatic nitrogens is 4. The lowest BCUT2D eigenvalue weighted by Crippen LogP contribution is -2.40. The van der Waals surface area contributed by atoms with Gasteiger partial charge in [-0.15, -0.1) is 0 Å².